The molecule has 0 amide bonds. The van der Waals surface area contributed by atoms with Crippen molar-refractivity contribution in [3.05, 3.63) is 52.1 Å². The Balaban J connectivity index is 0.0000112. The first kappa shape index (κ1) is 50.8. The topological polar surface area (TPSA) is 72.8 Å². The van der Waals surface area contributed by atoms with Gasteiger partial charge in [0.15, 0.2) is 5.78 Å². The van der Waals surface area contributed by atoms with Crippen LogP contribution in [0, 0.1) is 0 Å². The smallest absolute Gasteiger partial charge is 0.201 e. The van der Waals surface area contributed by atoms with Crippen molar-refractivity contribution in [3.63, 3.8) is 0 Å². The van der Waals surface area contributed by atoms with Crippen LogP contribution in [0.15, 0.2) is 24.3 Å². The minimum atomic E-state index is -0.389. The highest BCUT2D eigenvalue weighted by Gasteiger charge is 2.36. The van der Waals surface area contributed by atoms with Gasteiger partial charge in [0.05, 0.1) is 45.5 Å². The number of quaternary nitrogens is 1. The van der Waals surface area contributed by atoms with E-state index in [-0.39, 0.29) is 51.0 Å². The second kappa shape index (κ2) is 29.8. The molecule has 0 saturated carbocycles. The van der Waals surface area contributed by atoms with Gasteiger partial charge < -0.3 is 36.0 Å². The fraction of sp³-hybridized carbons (Fsp3) is 0.720. The summed E-state index contributed by atoms with van der Waals surface area (Å²) in [5.41, 5.74) is 1.80. The average Bonchev–Trinajstić information content (AvgIpc) is 3.19. The van der Waals surface area contributed by atoms with E-state index in [1.807, 2.05) is 12.1 Å². The molecule has 2 aromatic rings. The van der Waals surface area contributed by atoms with Crippen LogP contribution in [-0.4, -0.2) is 55.5 Å². The van der Waals surface area contributed by atoms with Crippen molar-refractivity contribution in [2.75, 3.05) is 34.4 Å². The van der Waals surface area contributed by atoms with Gasteiger partial charge in [-0.05, 0) is 43.9 Å². The van der Waals surface area contributed by atoms with Gasteiger partial charge in [-0.2, -0.15) is 0 Å². The molecule has 324 valence electrons. The molecule has 1 aliphatic rings. The summed E-state index contributed by atoms with van der Waals surface area (Å²) < 4.78 is 12.0. The minimum Gasteiger partial charge on any atom is -1.00 e. The Morgan fingerprint density at radius 1 is 0.491 bits per heavy atom. The summed E-state index contributed by atoms with van der Waals surface area (Å²) in [6.45, 7) is 7.54. The zero-order chi connectivity index (χ0) is 40.4. The first-order chi connectivity index (χ1) is 27.3. The zero-order valence-electron chi connectivity index (χ0n) is 37.1. The van der Waals surface area contributed by atoms with Gasteiger partial charge in [-0.15, -0.1) is 0 Å². The number of aromatic hydroxyl groups is 1. The second-order valence-electron chi connectivity index (χ2n) is 17.4. The summed E-state index contributed by atoms with van der Waals surface area (Å²) in [5, 5.41) is 10.7. The van der Waals surface area contributed by atoms with E-state index in [2.05, 4.69) is 20.9 Å². The van der Waals surface area contributed by atoms with Crippen LogP contribution < -0.4 is 26.5 Å². The number of carbonyl (C=O) groups is 2. The maximum absolute atomic E-state index is 13.9. The Morgan fingerprint density at radius 3 is 1.26 bits per heavy atom. The predicted molar refractivity (Wildman–Crippen MR) is 235 cm³/mol. The van der Waals surface area contributed by atoms with Crippen molar-refractivity contribution in [2.24, 2.45) is 0 Å². The molecule has 0 fully saturated rings. The monoisotopic (exact) mass is 856 g/mol. The Kier molecular flexibility index (Phi) is 26.5. The van der Waals surface area contributed by atoms with E-state index in [1.165, 1.54) is 193 Å². The number of benzene rings is 2. The summed E-state index contributed by atoms with van der Waals surface area (Å²) in [4.78, 5) is 27.7. The van der Waals surface area contributed by atoms with Crippen molar-refractivity contribution in [3.8, 4) is 17.2 Å². The van der Waals surface area contributed by atoms with Gasteiger partial charge in [-0.1, -0.05) is 168 Å². The predicted octanol–water partition coefficient (Wildman–Crippen LogP) is 11.1. The van der Waals surface area contributed by atoms with Crippen LogP contribution in [-0.2, 0) is 6.54 Å². The first-order valence-corrected chi connectivity index (χ1v) is 23.3. The summed E-state index contributed by atoms with van der Waals surface area (Å²) >= 11 is 0. The van der Waals surface area contributed by atoms with E-state index in [9.17, 15) is 14.7 Å². The fourth-order valence-electron chi connectivity index (χ4n) is 8.83. The molecule has 7 heteroatoms. The van der Waals surface area contributed by atoms with Crippen LogP contribution in [0.1, 0.15) is 231 Å². The largest absolute Gasteiger partial charge is 1.00 e. The second-order valence-corrected chi connectivity index (χ2v) is 17.4. The molecule has 0 saturated heterocycles. The lowest BCUT2D eigenvalue weighted by Gasteiger charge is -2.35. The van der Waals surface area contributed by atoms with E-state index < -0.39 is 0 Å². The number of hydrogen-bond acceptors (Lipinski definition) is 5. The molecule has 0 aliphatic heterocycles. The van der Waals surface area contributed by atoms with Gasteiger partial charge in [0.2, 0.25) is 5.78 Å². The Bertz CT molecular complexity index is 1390. The molecule has 2 aromatic carbocycles. The van der Waals surface area contributed by atoms with Crippen LogP contribution in [0.25, 0.3) is 0 Å². The average molecular weight is 857 g/mol. The van der Waals surface area contributed by atoms with Crippen molar-refractivity contribution in [1.29, 1.82) is 0 Å². The maximum Gasteiger partial charge on any atom is 0.201 e. The third-order valence-corrected chi connectivity index (χ3v) is 12.3. The number of fused-ring (bicyclic) bond motifs is 2. The molecule has 57 heavy (non-hydrogen) atoms. The molecule has 0 atom stereocenters. The lowest BCUT2D eigenvalue weighted by Crippen LogP contribution is -3.00. The van der Waals surface area contributed by atoms with Gasteiger partial charge in [-0.3, -0.25) is 9.59 Å². The number of nitrogens with zero attached hydrogens (tertiary/aromatic N) is 1. The van der Waals surface area contributed by atoms with Crippen LogP contribution >= 0.6 is 0 Å². The number of halogens is 1. The molecule has 0 aromatic heterocycles. The number of hydrogen-bond donors (Lipinski definition) is 1. The van der Waals surface area contributed by atoms with Crippen molar-refractivity contribution < 1.29 is 45.6 Å². The number of methoxy groups -OCH3 is 2. The van der Waals surface area contributed by atoms with Crippen LogP contribution in [0.3, 0.4) is 0 Å². The SMILES string of the molecule is CCCCCCCCCCCCCCCC[N+](C)(CCCCCCCCCCCCCCCC)Cc1cc(OC)c2c(c1)C(=O)c1cc(OC)cc(O)c1C2=O.[Br-]. The first-order valence-electron chi connectivity index (χ1n) is 23.3. The number of ether oxygens (including phenoxy) is 2. The lowest BCUT2D eigenvalue weighted by atomic mass is 9.82. The molecule has 0 radical (unpaired) electrons. The highest BCUT2D eigenvalue weighted by molar-refractivity contribution is 6.30. The fourth-order valence-corrected chi connectivity index (χ4v) is 8.83. The Hall–Kier alpha value is -2.38. The van der Waals surface area contributed by atoms with E-state index in [4.69, 9.17) is 9.47 Å². The van der Waals surface area contributed by atoms with Gasteiger partial charge in [0.25, 0.3) is 0 Å². The quantitative estimate of drug-likeness (QED) is 0.0478. The number of unbranched alkanes of at least 4 members (excludes halogenated alkanes) is 26. The Labute approximate surface area is 359 Å². The number of carbonyl (C=O) groups excluding carboxylic acids is 2. The third-order valence-electron chi connectivity index (χ3n) is 12.3. The lowest BCUT2D eigenvalue weighted by molar-refractivity contribution is -0.923. The normalized spacial score (nSPS) is 12.4. The molecule has 0 unspecified atom stereocenters. The molecule has 6 nitrogen and oxygen atoms in total. The standard InChI is InChI=1S/C50H81NO5.BrH/c1-6-8-10-12-14-16-18-20-22-24-26-28-30-32-34-51(3,35-33-31-29-27-25-23-21-19-17-15-13-11-9-7-2)40-41-36-43-48(46(37-41)56-5)50(54)47-44(49(43)53)38-42(55-4)39-45(47)52;/h36-39H,6-35,40H2,1-5H3;1H. The van der Waals surface area contributed by atoms with Crippen LogP contribution in [0.2, 0.25) is 0 Å². The molecule has 0 spiro atoms. The van der Waals surface area contributed by atoms with E-state index >= 15 is 0 Å². The molecule has 1 N–H and O–H groups in total. The van der Waals surface area contributed by atoms with E-state index in [0.717, 1.165) is 29.7 Å². The molecular formula is C50H82BrNO5. The zero-order valence-corrected chi connectivity index (χ0v) is 38.7. The molecular weight excluding hydrogens is 774 g/mol. The molecule has 0 bridgehead atoms. The van der Waals surface area contributed by atoms with Gasteiger partial charge in [0.1, 0.15) is 23.8 Å². The number of rotatable bonds is 34. The Morgan fingerprint density at radius 2 is 0.877 bits per heavy atom. The summed E-state index contributed by atoms with van der Waals surface area (Å²) in [6.07, 6.45) is 37.9. The van der Waals surface area contributed by atoms with E-state index in [1.54, 1.807) is 13.2 Å². The number of phenols is 1. The number of ketones is 2. The van der Waals surface area contributed by atoms with Crippen molar-refractivity contribution in [2.45, 2.75) is 200 Å². The molecule has 3 rings (SSSR count). The molecule has 0 heterocycles. The summed E-state index contributed by atoms with van der Waals surface area (Å²) in [7, 11) is 5.42. The van der Waals surface area contributed by atoms with Crippen molar-refractivity contribution >= 4 is 11.6 Å². The molecule has 1 aliphatic carbocycles. The third kappa shape index (κ3) is 18.2. The van der Waals surface area contributed by atoms with Crippen LogP contribution in [0.4, 0.5) is 0 Å². The highest BCUT2D eigenvalue weighted by Crippen LogP contribution is 2.40. The highest BCUT2D eigenvalue weighted by atomic mass is 79.9. The van der Waals surface area contributed by atoms with Gasteiger partial charge in [-0.25, -0.2) is 0 Å². The van der Waals surface area contributed by atoms with Crippen molar-refractivity contribution in [1.82, 2.24) is 0 Å². The van der Waals surface area contributed by atoms with Gasteiger partial charge >= 0.3 is 0 Å². The summed E-state index contributed by atoms with van der Waals surface area (Å²) in [5.74, 6) is -0.173. The minimum absolute atomic E-state index is 0. The number of phenolic OH excluding ortho intramolecular Hbond substituents is 1. The van der Waals surface area contributed by atoms with Crippen LogP contribution in [0.5, 0.6) is 17.2 Å². The van der Waals surface area contributed by atoms with Gasteiger partial charge in [0, 0.05) is 22.8 Å². The van der Waals surface area contributed by atoms with E-state index in [0.29, 0.717) is 17.1 Å². The maximum atomic E-state index is 13.9. The summed E-state index contributed by atoms with van der Waals surface area (Å²) in [6, 6.07) is 6.79.